The lowest BCUT2D eigenvalue weighted by molar-refractivity contribution is -0.642. The average Bonchev–Trinajstić information content (AvgIpc) is 3.20. The highest BCUT2D eigenvalue weighted by Crippen LogP contribution is 2.48. The predicted octanol–water partition coefficient (Wildman–Crippen LogP) is 5.31. The Morgan fingerprint density at radius 3 is 2.70 bits per heavy atom. The Balaban J connectivity index is 1.51. The fourth-order valence-corrected chi connectivity index (χ4v) is 5.51. The number of thioether (sulfide) groups is 1. The molecule has 4 aromatic rings. The van der Waals surface area contributed by atoms with Crippen LogP contribution in [0.5, 0.6) is 0 Å². The number of aryl methyl sites for hydroxylation is 1. The summed E-state index contributed by atoms with van der Waals surface area (Å²) in [5.74, 6) is 6.60. The molecule has 0 saturated carbocycles. The normalized spacial score (nSPS) is 14.6. The van der Waals surface area contributed by atoms with Gasteiger partial charge in [-0.15, -0.1) is 0 Å². The van der Waals surface area contributed by atoms with Crippen LogP contribution in [0.2, 0.25) is 0 Å². The Morgan fingerprint density at radius 2 is 1.81 bits per heavy atom. The van der Waals surface area contributed by atoms with Crippen molar-refractivity contribution < 1.29 is 4.57 Å². The summed E-state index contributed by atoms with van der Waals surface area (Å²) in [5, 5.41) is 4.80. The predicted molar refractivity (Wildman–Crippen MR) is 116 cm³/mol. The number of rotatable bonds is 0. The Bertz CT molecular complexity index is 1290. The lowest BCUT2D eigenvalue weighted by Crippen LogP contribution is -2.29. The maximum atomic E-state index is 3.33. The topological polar surface area (TPSA) is 7.12 Å². The van der Waals surface area contributed by atoms with Crippen LogP contribution in [0.3, 0.4) is 0 Å². The maximum Gasteiger partial charge on any atom is 0.315 e. The van der Waals surface area contributed by atoms with Gasteiger partial charge in [0.05, 0.1) is 10.7 Å². The molecule has 0 fully saturated rings. The van der Waals surface area contributed by atoms with Crippen LogP contribution in [0.15, 0.2) is 76.7 Å². The summed E-state index contributed by atoms with van der Waals surface area (Å²) in [5.41, 5.74) is 2.50. The van der Waals surface area contributed by atoms with Gasteiger partial charge in [0.1, 0.15) is 11.7 Å². The quantitative estimate of drug-likeness (QED) is 0.299. The number of fused-ring (bicyclic) bond motifs is 4. The van der Waals surface area contributed by atoms with Crippen molar-refractivity contribution in [2.75, 3.05) is 11.9 Å². The van der Waals surface area contributed by atoms with Crippen molar-refractivity contribution in [3.05, 3.63) is 76.8 Å². The number of thiazole rings is 1. The van der Waals surface area contributed by atoms with Gasteiger partial charge in [0.15, 0.2) is 0 Å². The minimum atomic E-state index is 1.07. The molecule has 1 aliphatic heterocycles. The molecule has 0 atom stereocenters. The van der Waals surface area contributed by atoms with Gasteiger partial charge in [-0.2, -0.15) is 4.57 Å². The van der Waals surface area contributed by atoms with Crippen LogP contribution >= 0.6 is 23.1 Å². The van der Waals surface area contributed by atoms with Crippen molar-refractivity contribution in [2.45, 2.75) is 4.90 Å². The van der Waals surface area contributed by atoms with Gasteiger partial charge in [0.25, 0.3) is 0 Å². The summed E-state index contributed by atoms with van der Waals surface area (Å²) in [6.45, 7) is 0. The molecular weight excluding hydrogens is 368 g/mol. The number of allylic oxidation sites excluding steroid dienone is 1. The largest absolute Gasteiger partial charge is 0.337 e. The summed E-state index contributed by atoms with van der Waals surface area (Å²) in [6, 6.07) is 21.4. The van der Waals surface area contributed by atoms with Crippen molar-refractivity contribution in [1.29, 1.82) is 0 Å². The molecule has 1 aromatic heterocycles. The molecule has 0 unspecified atom stereocenters. The minimum absolute atomic E-state index is 1.07. The van der Waals surface area contributed by atoms with Gasteiger partial charge in [-0.05, 0) is 17.5 Å². The molecule has 0 aliphatic carbocycles. The van der Waals surface area contributed by atoms with E-state index in [0.29, 0.717) is 0 Å². The third kappa shape index (κ3) is 2.71. The number of para-hydroxylation sites is 1. The molecule has 27 heavy (non-hydrogen) atoms. The van der Waals surface area contributed by atoms with Gasteiger partial charge in [-0.1, -0.05) is 71.5 Å². The Kier molecular flexibility index (Phi) is 3.93. The van der Waals surface area contributed by atoms with Crippen molar-refractivity contribution in [2.24, 2.45) is 7.05 Å². The molecule has 0 amide bonds. The van der Waals surface area contributed by atoms with Gasteiger partial charge in [-0.25, -0.2) is 0 Å². The van der Waals surface area contributed by atoms with Crippen molar-refractivity contribution in [1.82, 2.24) is 0 Å². The van der Waals surface area contributed by atoms with Crippen LogP contribution in [0.4, 0.5) is 5.69 Å². The fourth-order valence-electron chi connectivity index (χ4n) is 3.45. The molecule has 0 spiro atoms. The molecule has 0 N–H and O–H groups in total. The molecule has 0 bridgehead atoms. The molecular formula is C23H17N2S2+. The maximum absolute atomic E-state index is 3.33. The third-order valence-corrected chi connectivity index (χ3v) is 7.14. The van der Waals surface area contributed by atoms with E-state index in [1.165, 1.54) is 31.6 Å². The first-order valence-electron chi connectivity index (χ1n) is 8.75. The van der Waals surface area contributed by atoms with Gasteiger partial charge < -0.3 is 4.90 Å². The number of hydrogen-bond acceptors (Lipinski definition) is 3. The molecule has 4 heteroatoms. The van der Waals surface area contributed by atoms with Crippen molar-refractivity contribution in [3.8, 4) is 11.8 Å². The van der Waals surface area contributed by atoms with Crippen LogP contribution in [0, 0.1) is 11.8 Å². The summed E-state index contributed by atoms with van der Waals surface area (Å²) in [7, 11) is 4.20. The zero-order valence-corrected chi connectivity index (χ0v) is 16.7. The molecule has 1 aliphatic rings. The Labute approximate surface area is 166 Å². The first-order valence-corrected chi connectivity index (χ1v) is 10.4. The van der Waals surface area contributed by atoms with Crippen LogP contribution < -0.4 is 9.47 Å². The lowest BCUT2D eigenvalue weighted by Gasteiger charge is -2.14. The molecule has 2 heterocycles. The standard InChI is InChI=1S/C23H17N2S2/c1-24-18-10-5-6-11-19(18)26-21(24)12-7-13-22-25(2)23-17-9-4-3-8-16(17)14-15-20(23)27-22/h3-6,8-11,13-15H,1-2H3/q+1. The van der Waals surface area contributed by atoms with E-state index >= 15 is 0 Å². The molecule has 0 saturated heterocycles. The summed E-state index contributed by atoms with van der Waals surface area (Å²) in [4.78, 5) is 3.54. The highest BCUT2D eigenvalue weighted by atomic mass is 32.2. The van der Waals surface area contributed by atoms with E-state index in [4.69, 9.17) is 0 Å². The molecule has 3 aromatic carbocycles. The monoisotopic (exact) mass is 385 g/mol. The highest BCUT2D eigenvalue weighted by Gasteiger charge is 2.23. The van der Waals surface area contributed by atoms with E-state index in [-0.39, 0.29) is 0 Å². The Hall–Kier alpha value is -2.74. The van der Waals surface area contributed by atoms with Crippen LogP contribution in [0.1, 0.15) is 5.01 Å². The minimum Gasteiger partial charge on any atom is -0.337 e. The first-order chi connectivity index (χ1) is 13.2. The zero-order chi connectivity index (χ0) is 18.4. The number of anilines is 1. The van der Waals surface area contributed by atoms with E-state index in [9.17, 15) is 0 Å². The van der Waals surface area contributed by atoms with Gasteiger partial charge in [0, 0.05) is 35.4 Å². The summed E-state index contributed by atoms with van der Waals surface area (Å²) in [6.07, 6.45) is 2.03. The fraction of sp³-hybridized carbons (Fsp3) is 0.0870. The van der Waals surface area contributed by atoms with E-state index in [0.717, 1.165) is 10.0 Å². The zero-order valence-electron chi connectivity index (χ0n) is 15.1. The van der Waals surface area contributed by atoms with E-state index < -0.39 is 0 Å². The second-order valence-corrected chi connectivity index (χ2v) is 8.57. The van der Waals surface area contributed by atoms with Crippen LogP contribution in [0.25, 0.3) is 21.0 Å². The number of aromatic nitrogens is 1. The van der Waals surface area contributed by atoms with E-state index in [1.807, 2.05) is 6.08 Å². The number of benzene rings is 3. The van der Waals surface area contributed by atoms with E-state index in [2.05, 4.69) is 96.1 Å². The molecule has 2 nitrogen and oxygen atoms in total. The number of nitrogens with zero attached hydrogens (tertiary/aromatic N) is 2. The second-order valence-electron chi connectivity index (χ2n) is 6.48. The lowest BCUT2D eigenvalue weighted by atomic mass is 10.1. The third-order valence-electron chi connectivity index (χ3n) is 4.86. The first kappa shape index (κ1) is 16.4. The van der Waals surface area contributed by atoms with Crippen molar-refractivity contribution in [3.63, 3.8) is 0 Å². The van der Waals surface area contributed by atoms with Crippen molar-refractivity contribution >= 4 is 49.8 Å². The van der Waals surface area contributed by atoms with Gasteiger partial charge in [0.2, 0.25) is 5.52 Å². The van der Waals surface area contributed by atoms with Gasteiger partial charge >= 0.3 is 5.01 Å². The molecule has 130 valence electrons. The SMILES string of the molecule is CN1C(=CC#Cc2sc3ccccc3[n+]2C)Sc2ccc3ccccc3c21. The van der Waals surface area contributed by atoms with Crippen LogP contribution in [-0.4, -0.2) is 7.05 Å². The number of hydrogen-bond donors (Lipinski definition) is 0. The Morgan fingerprint density at radius 1 is 1.00 bits per heavy atom. The average molecular weight is 386 g/mol. The molecule has 0 radical (unpaired) electrons. The summed E-state index contributed by atoms with van der Waals surface area (Å²) < 4.78 is 3.43. The summed E-state index contributed by atoms with van der Waals surface area (Å²) >= 11 is 3.52. The second kappa shape index (κ2) is 6.45. The van der Waals surface area contributed by atoms with E-state index in [1.54, 1.807) is 23.1 Å². The highest BCUT2D eigenvalue weighted by molar-refractivity contribution is 8.03. The smallest absolute Gasteiger partial charge is 0.315 e. The molecule has 5 rings (SSSR count). The van der Waals surface area contributed by atoms with Gasteiger partial charge in [-0.3, -0.25) is 0 Å². The van der Waals surface area contributed by atoms with Crippen LogP contribution in [-0.2, 0) is 7.05 Å².